The van der Waals surface area contributed by atoms with Gasteiger partial charge >= 0.3 is 6.03 Å². The number of likely N-dealkylation sites (tertiary alicyclic amines) is 1. The summed E-state index contributed by atoms with van der Waals surface area (Å²) >= 11 is 0. The maximum atomic E-state index is 11.7. The average Bonchev–Trinajstić information content (AvgIpc) is 2.48. The van der Waals surface area contributed by atoms with E-state index in [1.54, 1.807) is 6.20 Å². The number of carbonyl (C=O) groups is 1. The van der Waals surface area contributed by atoms with E-state index in [0.717, 1.165) is 37.7 Å². The van der Waals surface area contributed by atoms with E-state index in [-0.39, 0.29) is 6.03 Å². The van der Waals surface area contributed by atoms with Crippen LogP contribution in [0, 0.1) is 5.92 Å². The maximum absolute atomic E-state index is 11.7. The third-order valence-corrected chi connectivity index (χ3v) is 3.85. The van der Waals surface area contributed by atoms with E-state index in [1.807, 2.05) is 18.2 Å². The molecular weight excluding hydrogens is 264 g/mol. The van der Waals surface area contributed by atoms with E-state index < -0.39 is 0 Å². The molecule has 2 amide bonds. The molecule has 1 atom stereocenters. The number of hydrogen-bond acceptors (Lipinski definition) is 3. The lowest BCUT2D eigenvalue weighted by Gasteiger charge is -2.30. The summed E-state index contributed by atoms with van der Waals surface area (Å²) in [7, 11) is 0. The quantitative estimate of drug-likeness (QED) is 0.837. The normalized spacial score (nSPS) is 19.2. The number of rotatable bonds is 6. The van der Waals surface area contributed by atoms with Crippen molar-refractivity contribution in [3.8, 4) is 0 Å². The number of pyridine rings is 1. The van der Waals surface area contributed by atoms with Gasteiger partial charge in [0.2, 0.25) is 0 Å². The van der Waals surface area contributed by atoms with Crippen LogP contribution in [-0.4, -0.2) is 48.6 Å². The van der Waals surface area contributed by atoms with Gasteiger partial charge in [0, 0.05) is 44.5 Å². The summed E-state index contributed by atoms with van der Waals surface area (Å²) in [5, 5.41) is 5.79. The van der Waals surface area contributed by atoms with Gasteiger partial charge in [0.15, 0.2) is 0 Å². The number of carbonyl (C=O) groups excluding carboxylic acids is 1. The van der Waals surface area contributed by atoms with Crippen LogP contribution in [0.3, 0.4) is 0 Å². The van der Waals surface area contributed by atoms with Crippen LogP contribution < -0.4 is 10.6 Å². The largest absolute Gasteiger partial charge is 0.338 e. The first-order valence-electron chi connectivity index (χ1n) is 7.88. The Morgan fingerprint density at radius 1 is 1.38 bits per heavy atom. The number of aromatic nitrogens is 1. The molecule has 1 aliphatic heterocycles. The Bertz CT molecular complexity index is 424. The molecule has 5 heteroatoms. The summed E-state index contributed by atoms with van der Waals surface area (Å²) in [6.07, 6.45) is 5.14. The van der Waals surface area contributed by atoms with Crippen LogP contribution >= 0.6 is 0 Å². The smallest absolute Gasteiger partial charge is 0.314 e. The second kappa shape index (κ2) is 8.62. The summed E-state index contributed by atoms with van der Waals surface area (Å²) < 4.78 is 0. The zero-order chi connectivity index (χ0) is 14.9. The molecule has 0 spiro atoms. The van der Waals surface area contributed by atoms with Gasteiger partial charge in [-0.25, -0.2) is 4.79 Å². The molecule has 2 rings (SSSR count). The Labute approximate surface area is 127 Å². The summed E-state index contributed by atoms with van der Waals surface area (Å²) in [5.41, 5.74) is 1.00. The fraction of sp³-hybridized carbons (Fsp3) is 0.625. The molecule has 5 nitrogen and oxygen atoms in total. The fourth-order valence-corrected chi connectivity index (χ4v) is 2.73. The Kier molecular flexibility index (Phi) is 6.47. The Balaban J connectivity index is 1.53. The number of piperidine rings is 1. The molecule has 0 radical (unpaired) electrons. The van der Waals surface area contributed by atoms with Crippen molar-refractivity contribution in [3.05, 3.63) is 30.1 Å². The van der Waals surface area contributed by atoms with E-state index in [4.69, 9.17) is 0 Å². The van der Waals surface area contributed by atoms with E-state index in [0.29, 0.717) is 13.1 Å². The number of nitrogens with one attached hydrogen (secondary N) is 2. The van der Waals surface area contributed by atoms with Crippen LogP contribution in [0.2, 0.25) is 0 Å². The van der Waals surface area contributed by atoms with E-state index in [2.05, 4.69) is 27.4 Å². The number of hydrogen-bond donors (Lipinski definition) is 2. The van der Waals surface area contributed by atoms with Gasteiger partial charge in [-0.1, -0.05) is 13.0 Å². The van der Waals surface area contributed by atoms with E-state index >= 15 is 0 Å². The van der Waals surface area contributed by atoms with Crippen molar-refractivity contribution in [2.45, 2.75) is 26.2 Å². The molecule has 0 aliphatic carbocycles. The Hall–Kier alpha value is -1.62. The molecule has 1 saturated heterocycles. The highest BCUT2D eigenvalue weighted by Gasteiger charge is 2.15. The molecule has 1 aromatic rings. The summed E-state index contributed by atoms with van der Waals surface area (Å²) in [4.78, 5) is 18.3. The van der Waals surface area contributed by atoms with Crippen LogP contribution in [0.1, 0.15) is 25.5 Å². The third-order valence-electron chi connectivity index (χ3n) is 3.85. The topological polar surface area (TPSA) is 57.3 Å². The van der Waals surface area contributed by atoms with Gasteiger partial charge in [-0.3, -0.25) is 4.98 Å². The van der Waals surface area contributed by atoms with Crippen LogP contribution in [0.4, 0.5) is 4.79 Å². The van der Waals surface area contributed by atoms with Crippen LogP contribution in [0.15, 0.2) is 24.4 Å². The molecule has 2 heterocycles. The monoisotopic (exact) mass is 290 g/mol. The maximum Gasteiger partial charge on any atom is 0.314 e. The van der Waals surface area contributed by atoms with Crippen molar-refractivity contribution in [3.63, 3.8) is 0 Å². The van der Waals surface area contributed by atoms with Gasteiger partial charge in [-0.05, 0) is 37.4 Å². The highest BCUT2D eigenvalue weighted by Crippen LogP contribution is 2.14. The standard InChI is InChI=1S/C16H26N4O/c1-14-5-4-11-20(13-14)12-10-19-16(21)18-9-7-15-6-2-3-8-17-15/h2-3,6,8,14H,4-5,7,9-13H2,1H3,(H2,18,19,21). The first-order valence-corrected chi connectivity index (χ1v) is 7.88. The third kappa shape index (κ3) is 6.12. The van der Waals surface area contributed by atoms with Crippen LogP contribution in [0.25, 0.3) is 0 Å². The van der Waals surface area contributed by atoms with Crippen molar-refractivity contribution in [1.82, 2.24) is 20.5 Å². The van der Waals surface area contributed by atoms with Crippen LogP contribution in [-0.2, 0) is 6.42 Å². The Morgan fingerprint density at radius 2 is 2.24 bits per heavy atom. The molecule has 0 aromatic carbocycles. The average molecular weight is 290 g/mol. The van der Waals surface area contributed by atoms with Gasteiger partial charge in [0.1, 0.15) is 0 Å². The molecular formula is C16H26N4O. The number of urea groups is 1. The SMILES string of the molecule is CC1CCCN(CCNC(=O)NCCc2ccccn2)C1. The van der Waals surface area contributed by atoms with Gasteiger partial charge in [-0.2, -0.15) is 0 Å². The van der Waals surface area contributed by atoms with Crippen molar-refractivity contribution in [1.29, 1.82) is 0 Å². The molecule has 0 saturated carbocycles. The number of nitrogens with zero attached hydrogens (tertiary/aromatic N) is 2. The van der Waals surface area contributed by atoms with Gasteiger partial charge < -0.3 is 15.5 Å². The van der Waals surface area contributed by atoms with Crippen molar-refractivity contribution in [2.24, 2.45) is 5.92 Å². The lowest BCUT2D eigenvalue weighted by molar-refractivity contribution is 0.184. The zero-order valence-corrected chi connectivity index (χ0v) is 12.8. The highest BCUT2D eigenvalue weighted by molar-refractivity contribution is 5.73. The highest BCUT2D eigenvalue weighted by atomic mass is 16.2. The Morgan fingerprint density at radius 3 is 3.00 bits per heavy atom. The fourth-order valence-electron chi connectivity index (χ4n) is 2.73. The number of amides is 2. The molecule has 1 aliphatic rings. The summed E-state index contributed by atoms with van der Waals surface area (Å²) in [6, 6.07) is 5.74. The molecule has 116 valence electrons. The van der Waals surface area contributed by atoms with Gasteiger partial charge in [-0.15, -0.1) is 0 Å². The molecule has 21 heavy (non-hydrogen) atoms. The molecule has 1 fully saturated rings. The lowest BCUT2D eigenvalue weighted by Crippen LogP contribution is -2.43. The van der Waals surface area contributed by atoms with Crippen molar-refractivity contribution < 1.29 is 4.79 Å². The van der Waals surface area contributed by atoms with Gasteiger partial charge in [0.25, 0.3) is 0 Å². The molecule has 1 unspecified atom stereocenters. The molecule has 1 aromatic heterocycles. The van der Waals surface area contributed by atoms with E-state index in [9.17, 15) is 4.79 Å². The predicted octanol–water partition coefficient (Wildman–Crippen LogP) is 1.66. The van der Waals surface area contributed by atoms with Crippen molar-refractivity contribution >= 4 is 6.03 Å². The predicted molar refractivity (Wildman–Crippen MR) is 84.2 cm³/mol. The van der Waals surface area contributed by atoms with E-state index in [1.165, 1.54) is 12.8 Å². The minimum Gasteiger partial charge on any atom is -0.338 e. The summed E-state index contributed by atoms with van der Waals surface area (Å²) in [5.74, 6) is 0.783. The zero-order valence-electron chi connectivity index (χ0n) is 12.8. The molecule has 2 N–H and O–H groups in total. The van der Waals surface area contributed by atoms with Crippen molar-refractivity contribution in [2.75, 3.05) is 32.7 Å². The second-order valence-corrected chi connectivity index (χ2v) is 5.80. The summed E-state index contributed by atoms with van der Waals surface area (Å²) in [6.45, 7) is 6.88. The molecule has 0 bridgehead atoms. The minimum atomic E-state index is -0.0870. The minimum absolute atomic E-state index is 0.0870. The first kappa shape index (κ1) is 15.8. The van der Waals surface area contributed by atoms with Gasteiger partial charge in [0.05, 0.1) is 0 Å². The first-order chi connectivity index (χ1) is 10.2. The second-order valence-electron chi connectivity index (χ2n) is 5.80. The lowest BCUT2D eigenvalue weighted by atomic mass is 10.0. The van der Waals surface area contributed by atoms with Crippen LogP contribution in [0.5, 0.6) is 0 Å².